The molecule has 0 saturated carbocycles. The Balaban J connectivity index is 1.77. The summed E-state index contributed by atoms with van der Waals surface area (Å²) in [6, 6.07) is 23.3. The molecule has 4 aromatic rings. The fourth-order valence-electron chi connectivity index (χ4n) is 3.13. The number of hydrogen-bond acceptors (Lipinski definition) is 3. The highest BCUT2D eigenvalue weighted by molar-refractivity contribution is 9.10. The average molecular weight is 447 g/mol. The van der Waals surface area contributed by atoms with Crippen LogP contribution < -0.4 is 5.32 Å². The Morgan fingerprint density at radius 1 is 0.897 bits per heavy atom. The Kier molecular flexibility index (Phi) is 5.27. The van der Waals surface area contributed by atoms with Gasteiger partial charge in [-0.25, -0.2) is 9.67 Å². The molecule has 0 aliphatic heterocycles. The lowest BCUT2D eigenvalue weighted by Gasteiger charge is -2.09. The number of anilines is 1. The van der Waals surface area contributed by atoms with Crippen molar-refractivity contribution in [3.8, 4) is 17.1 Å². The standard InChI is InChI=1S/C23H19BrN4O/c1-15-7-6-8-16(2)20(15)25-23(29)21-26-22(17-9-4-3-5-10-17)28(27-21)19-13-11-18(24)12-14-19/h3-14H,1-2H3,(H,25,29). The summed E-state index contributed by atoms with van der Waals surface area (Å²) in [7, 11) is 0. The van der Waals surface area contributed by atoms with Crippen LogP contribution in [-0.2, 0) is 0 Å². The topological polar surface area (TPSA) is 59.8 Å². The Hall–Kier alpha value is -3.25. The minimum absolute atomic E-state index is 0.120. The van der Waals surface area contributed by atoms with Crippen molar-refractivity contribution in [2.75, 3.05) is 5.32 Å². The van der Waals surface area contributed by atoms with E-state index in [0.29, 0.717) is 5.82 Å². The lowest BCUT2D eigenvalue weighted by Crippen LogP contribution is -2.16. The SMILES string of the molecule is Cc1cccc(C)c1NC(=O)c1nc(-c2ccccc2)n(-c2ccc(Br)cc2)n1. The first-order valence-electron chi connectivity index (χ1n) is 9.19. The molecule has 29 heavy (non-hydrogen) atoms. The van der Waals surface area contributed by atoms with E-state index < -0.39 is 0 Å². The van der Waals surface area contributed by atoms with Crippen LogP contribution in [0.25, 0.3) is 17.1 Å². The molecule has 0 radical (unpaired) electrons. The monoisotopic (exact) mass is 446 g/mol. The van der Waals surface area contributed by atoms with Crippen molar-refractivity contribution in [2.45, 2.75) is 13.8 Å². The van der Waals surface area contributed by atoms with Gasteiger partial charge in [0.1, 0.15) is 0 Å². The van der Waals surface area contributed by atoms with Crippen molar-refractivity contribution in [3.63, 3.8) is 0 Å². The second-order valence-electron chi connectivity index (χ2n) is 6.73. The van der Waals surface area contributed by atoms with Gasteiger partial charge in [-0.2, -0.15) is 0 Å². The highest BCUT2D eigenvalue weighted by Crippen LogP contribution is 2.24. The highest BCUT2D eigenvalue weighted by Gasteiger charge is 2.19. The molecule has 6 heteroatoms. The number of carbonyl (C=O) groups is 1. The van der Waals surface area contributed by atoms with Crippen LogP contribution in [0.4, 0.5) is 5.69 Å². The van der Waals surface area contributed by atoms with Crippen LogP contribution in [0, 0.1) is 13.8 Å². The lowest BCUT2D eigenvalue weighted by molar-refractivity contribution is 0.101. The van der Waals surface area contributed by atoms with Gasteiger partial charge in [0.2, 0.25) is 5.82 Å². The second kappa shape index (κ2) is 8.01. The maximum absolute atomic E-state index is 12.9. The molecule has 0 aliphatic carbocycles. The van der Waals surface area contributed by atoms with Crippen molar-refractivity contribution >= 4 is 27.5 Å². The van der Waals surface area contributed by atoms with Gasteiger partial charge in [-0.3, -0.25) is 4.79 Å². The van der Waals surface area contributed by atoms with Gasteiger partial charge >= 0.3 is 0 Å². The molecule has 0 spiro atoms. The Morgan fingerprint density at radius 3 is 2.21 bits per heavy atom. The third-order valence-corrected chi connectivity index (χ3v) is 5.16. The minimum Gasteiger partial charge on any atom is -0.319 e. The molecule has 0 fully saturated rings. The molecule has 144 valence electrons. The average Bonchev–Trinajstić information content (AvgIpc) is 3.17. The smallest absolute Gasteiger partial charge is 0.295 e. The molecule has 1 heterocycles. The summed E-state index contributed by atoms with van der Waals surface area (Å²) < 4.78 is 2.66. The third-order valence-electron chi connectivity index (χ3n) is 4.63. The Morgan fingerprint density at radius 2 is 1.55 bits per heavy atom. The van der Waals surface area contributed by atoms with E-state index >= 15 is 0 Å². The number of carbonyl (C=O) groups excluding carboxylic acids is 1. The van der Waals surface area contributed by atoms with Gasteiger partial charge in [-0.1, -0.05) is 64.5 Å². The van der Waals surface area contributed by atoms with Gasteiger partial charge in [0, 0.05) is 15.7 Å². The largest absolute Gasteiger partial charge is 0.319 e. The van der Waals surface area contributed by atoms with E-state index in [9.17, 15) is 4.79 Å². The molecule has 4 rings (SSSR count). The maximum Gasteiger partial charge on any atom is 0.295 e. The normalized spacial score (nSPS) is 10.7. The van der Waals surface area contributed by atoms with E-state index in [4.69, 9.17) is 0 Å². The Bertz CT molecular complexity index is 1150. The summed E-state index contributed by atoms with van der Waals surface area (Å²) in [5.41, 5.74) is 4.49. The van der Waals surface area contributed by atoms with Crippen molar-refractivity contribution in [1.82, 2.24) is 14.8 Å². The molecule has 0 aliphatic rings. The van der Waals surface area contributed by atoms with E-state index in [2.05, 4.69) is 31.3 Å². The molecule has 0 bridgehead atoms. The quantitative estimate of drug-likeness (QED) is 0.445. The molecule has 3 aromatic carbocycles. The summed E-state index contributed by atoms with van der Waals surface area (Å²) in [6.07, 6.45) is 0. The van der Waals surface area contributed by atoms with Gasteiger partial charge in [0.25, 0.3) is 5.91 Å². The number of halogens is 1. The summed E-state index contributed by atoms with van der Waals surface area (Å²) >= 11 is 3.45. The summed E-state index contributed by atoms with van der Waals surface area (Å²) in [5, 5.41) is 7.48. The zero-order valence-corrected chi connectivity index (χ0v) is 17.6. The van der Waals surface area contributed by atoms with E-state index in [1.807, 2.05) is 86.6 Å². The van der Waals surface area contributed by atoms with Gasteiger partial charge in [-0.15, -0.1) is 5.10 Å². The van der Waals surface area contributed by atoms with Crippen LogP contribution in [-0.4, -0.2) is 20.7 Å². The first-order valence-corrected chi connectivity index (χ1v) is 9.98. The maximum atomic E-state index is 12.9. The first-order chi connectivity index (χ1) is 14.0. The predicted molar refractivity (Wildman–Crippen MR) is 118 cm³/mol. The molecule has 0 saturated heterocycles. The number of hydrogen-bond donors (Lipinski definition) is 1. The summed E-state index contributed by atoms with van der Waals surface area (Å²) in [6.45, 7) is 3.93. The van der Waals surface area contributed by atoms with Gasteiger partial charge in [0.05, 0.1) is 5.69 Å². The molecule has 1 aromatic heterocycles. The Labute approximate surface area is 177 Å². The lowest BCUT2D eigenvalue weighted by atomic mass is 10.1. The van der Waals surface area contributed by atoms with Gasteiger partial charge in [0.15, 0.2) is 5.82 Å². The fourth-order valence-corrected chi connectivity index (χ4v) is 3.39. The van der Waals surface area contributed by atoms with Crippen LogP contribution in [0.2, 0.25) is 0 Å². The first kappa shape index (κ1) is 19.1. The van der Waals surface area contributed by atoms with Crippen LogP contribution >= 0.6 is 15.9 Å². The second-order valence-corrected chi connectivity index (χ2v) is 7.65. The molecule has 1 amide bonds. The zero-order valence-electron chi connectivity index (χ0n) is 16.1. The van der Waals surface area contributed by atoms with Crippen molar-refractivity contribution in [3.05, 3.63) is 94.2 Å². The number of nitrogens with zero attached hydrogens (tertiary/aromatic N) is 3. The number of rotatable bonds is 4. The molecular formula is C23H19BrN4O. The highest BCUT2D eigenvalue weighted by atomic mass is 79.9. The van der Waals surface area contributed by atoms with E-state index in [1.165, 1.54) is 0 Å². The van der Waals surface area contributed by atoms with Crippen molar-refractivity contribution in [1.29, 1.82) is 0 Å². The van der Waals surface area contributed by atoms with Gasteiger partial charge in [-0.05, 0) is 49.2 Å². The van der Waals surface area contributed by atoms with Crippen molar-refractivity contribution < 1.29 is 4.79 Å². The van der Waals surface area contributed by atoms with E-state index in [-0.39, 0.29) is 11.7 Å². The fraction of sp³-hybridized carbons (Fsp3) is 0.0870. The molecule has 0 atom stereocenters. The van der Waals surface area contributed by atoms with E-state index in [0.717, 1.165) is 32.5 Å². The van der Waals surface area contributed by atoms with Crippen LogP contribution in [0.5, 0.6) is 0 Å². The summed E-state index contributed by atoms with van der Waals surface area (Å²) in [4.78, 5) is 17.5. The zero-order chi connectivity index (χ0) is 20.4. The predicted octanol–water partition coefficient (Wildman–Crippen LogP) is 5.57. The minimum atomic E-state index is -0.338. The number of aromatic nitrogens is 3. The van der Waals surface area contributed by atoms with Crippen molar-refractivity contribution in [2.24, 2.45) is 0 Å². The molecule has 1 N–H and O–H groups in total. The molecule has 5 nitrogen and oxygen atoms in total. The number of nitrogens with one attached hydrogen (secondary N) is 1. The number of amides is 1. The van der Waals surface area contributed by atoms with Gasteiger partial charge < -0.3 is 5.32 Å². The molecule has 0 unspecified atom stereocenters. The van der Waals surface area contributed by atoms with Crippen LogP contribution in [0.3, 0.4) is 0 Å². The summed E-state index contributed by atoms with van der Waals surface area (Å²) in [5.74, 6) is 0.393. The number of aryl methyl sites for hydroxylation is 2. The third kappa shape index (κ3) is 3.98. The van der Waals surface area contributed by atoms with Crippen LogP contribution in [0.1, 0.15) is 21.7 Å². The molecular weight excluding hydrogens is 428 g/mol. The number of benzene rings is 3. The van der Waals surface area contributed by atoms with Crippen LogP contribution in [0.15, 0.2) is 77.3 Å². The number of para-hydroxylation sites is 1. The van der Waals surface area contributed by atoms with E-state index in [1.54, 1.807) is 4.68 Å².